The summed E-state index contributed by atoms with van der Waals surface area (Å²) < 4.78 is 5.31. The van der Waals surface area contributed by atoms with Gasteiger partial charge in [-0.25, -0.2) is 0 Å². The zero-order chi connectivity index (χ0) is 9.19. The molecule has 1 unspecified atom stereocenters. The van der Waals surface area contributed by atoms with Crippen LogP contribution in [0, 0.1) is 5.92 Å². The standard InChI is InChI=1S/C9H16O3/c1-7(2)8(11)9(6-10)4-3-5-12-9/h7,10H,3-6H2,1-2H3. The molecule has 0 amide bonds. The van der Waals surface area contributed by atoms with Crippen LogP contribution < -0.4 is 0 Å². The maximum Gasteiger partial charge on any atom is 0.169 e. The number of ether oxygens (including phenoxy) is 1. The zero-order valence-electron chi connectivity index (χ0n) is 7.67. The molecule has 0 aliphatic carbocycles. The highest BCUT2D eigenvalue weighted by molar-refractivity contribution is 5.89. The SMILES string of the molecule is CC(C)C(=O)C1(CO)CCCO1. The van der Waals surface area contributed by atoms with Crippen molar-refractivity contribution in [2.24, 2.45) is 5.92 Å². The predicted octanol–water partition coefficient (Wildman–Crippen LogP) is 0.753. The average molecular weight is 172 g/mol. The summed E-state index contributed by atoms with van der Waals surface area (Å²) in [5.41, 5.74) is -0.867. The van der Waals surface area contributed by atoms with Crippen LogP contribution in [0.4, 0.5) is 0 Å². The first kappa shape index (κ1) is 9.68. The van der Waals surface area contributed by atoms with E-state index in [-0.39, 0.29) is 18.3 Å². The van der Waals surface area contributed by atoms with Gasteiger partial charge in [-0.05, 0) is 12.8 Å². The number of aliphatic hydroxyl groups excluding tert-OH is 1. The van der Waals surface area contributed by atoms with E-state index in [1.807, 2.05) is 13.8 Å². The largest absolute Gasteiger partial charge is 0.393 e. The third-order valence-electron chi connectivity index (χ3n) is 2.33. The number of aliphatic hydroxyl groups is 1. The summed E-state index contributed by atoms with van der Waals surface area (Å²) in [6, 6.07) is 0. The fourth-order valence-corrected chi connectivity index (χ4v) is 1.62. The lowest BCUT2D eigenvalue weighted by Gasteiger charge is -2.25. The first-order chi connectivity index (χ1) is 5.62. The van der Waals surface area contributed by atoms with E-state index in [4.69, 9.17) is 9.84 Å². The van der Waals surface area contributed by atoms with Gasteiger partial charge in [-0.1, -0.05) is 13.8 Å². The fourth-order valence-electron chi connectivity index (χ4n) is 1.62. The summed E-state index contributed by atoms with van der Waals surface area (Å²) >= 11 is 0. The van der Waals surface area contributed by atoms with Crippen molar-refractivity contribution in [2.75, 3.05) is 13.2 Å². The first-order valence-corrected chi connectivity index (χ1v) is 4.41. The quantitative estimate of drug-likeness (QED) is 0.683. The minimum atomic E-state index is -0.867. The molecular weight excluding hydrogens is 156 g/mol. The van der Waals surface area contributed by atoms with Crippen molar-refractivity contribution >= 4 is 5.78 Å². The van der Waals surface area contributed by atoms with E-state index in [1.165, 1.54) is 0 Å². The van der Waals surface area contributed by atoms with Crippen LogP contribution in [0.3, 0.4) is 0 Å². The number of rotatable bonds is 3. The van der Waals surface area contributed by atoms with Crippen LogP contribution >= 0.6 is 0 Å². The van der Waals surface area contributed by atoms with Gasteiger partial charge < -0.3 is 9.84 Å². The third-order valence-corrected chi connectivity index (χ3v) is 2.33. The molecule has 1 N–H and O–H groups in total. The Morgan fingerprint density at radius 1 is 1.67 bits per heavy atom. The first-order valence-electron chi connectivity index (χ1n) is 4.41. The summed E-state index contributed by atoms with van der Waals surface area (Å²) in [4.78, 5) is 11.6. The van der Waals surface area contributed by atoms with Crippen molar-refractivity contribution in [3.8, 4) is 0 Å². The molecule has 0 saturated carbocycles. The van der Waals surface area contributed by atoms with Gasteiger partial charge in [0.25, 0.3) is 0 Å². The maximum atomic E-state index is 11.6. The molecular formula is C9H16O3. The molecule has 1 atom stereocenters. The van der Waals surface area contributed by atoms with Gasteiger partial charge in [0.05, 0.1) is 6.61 Å². The Kier molecular flexibility index (Phi) is 2.85. The molecule has 3 heteroatoms. The van der Waals surface area contributed by atoms with Crippen LogP contribution in [0.1, 0.15) is 26.7 Å². The third kappa shape index (κ3) is 1.52. The van der Waals surface area contributed by atoms with Gasteiger partial charge in [-0.3, -0.25) is 4.79 Å². The second-order valence-electron chi connectivity index (χ2n) is 3.62. The van der Waals surface area contributed by atoms with Gasteiger partial charge in [0, 0.05) is 12.5 Å². The Balaban J connectivity index is 2.72. The van der Waals surface area contributed by atoms with Crippen molar-refractivity contribution in [1.82, 2.24) is 0 Å². The van der Waals surface area contributed by atoms with Crippen LogP contribution in [0.15, 0.2) is 0 Å². The van der Waals surface area contributed by atoms with Gasteiger partial charge in [-0.15, -0.1) is 0 Å². The molecule has 1 heterocycles. The number of ketones is 1. The highest BCUT2D eigenvalue weighted by Crippen LogP contribution is 2.28. The van der Waals surface area contributed by atoms with Crippen LogP contribution in [-0.4, -0.2) is 29.7 Å². The molecule has 0 aromatic heterocycles. The van der Waals surface area contributed by atoms with Crippen LogP contribution in [-0.2, 0) is 9.53 Å². The average Bonchev–Trinajstić information content (AvgIpc) is 2.52. The van der Waals surface area contributed by atoms with Gasteiger partial charge in [0.1, 0.15) is 5.60 Å². The molecule has 0 aromatic carbocycles. The van der Waals surface area contributed by atoms with Crippen LogP contribution in [0.2, 0.25) is 0 Å². The smallest absolute Gasteiger partial charge is 0.169 e. The topological polar surface area (TPSA) is 46.5 Å². The van der Waals surface area contributed by atoms with E-state index in [2.05, 4.69) is 0 Å². The molecule has 3 nitrogen and oxygen atoms in total. The highest BCUT2D eigenvalue weighted by Gasteiger charge is 2.42. The lowest BCUT2D eigenvalue weighted by Crippen LogP contribution is -2.44. The van der Waals surface area contributed by atoms with Crippen molar-refractivity contribution in [3.05, 3.63) is 0 Å². The molecule has 1 rings (SSSR count). The summed E-state index contributed by atoms with van der Waals surface area (Å²) in [6.07, 6.45) is 1.54. The Morgan fingerprint density at radius 2 is 2.33 bits per heavy atom. The van der Waals surface area contributed by atoms with Crippen molar-refractivity contribution in [3.63, 3.8) is 0 Å². The van der Waals surface area contributed by atoms with Crippen molar-refractivity contribution in [2.45, 2.75) is 32.3 Å². The molecule has 0 aromatic rings. The fraction of sp³-hybridized carbons (Fsp3) is 0.889. The van der Waals surface area contributed by atoms with Crippen molar-refractivity contribution < 1.29 is 14.6 Å². The second-order valence-corrected chi connectivity index (χ2v) is 3.62. The zero-order valence-corrected chi connectivity index (χ0v) is 7.67. The molecule has 1 aliphatic heterocycles. The van der Waals surface area contributed by atoms with Gasteiger partial charge >= 0.3 is 0 Å². The second kappa shape index (κ2) is 3.54. The molecule has 70 valence electrons. The summed E-state index contributed by atoms with van der Waals surface area (Å²) in [6.45, 7) is 4.09. The number of hydrogen-bond donors (Lipinski definition) is 1. The highest BCUT2D eigenvalue weighted by atomic mass is 16.5. The molecule has 1 aliphatic rings. The van der Waals surface area contributed by atoms with Crippen LogP contribution in [0.25, 0.3) is 0 Å². The van der Waals surface area contributed by atoms with Gasteiger partial charge in [0.15, 0.2) is 5.78 Å². The van der Waals surface area contributed by atoms with Crippen LogP contribution in [0.5, 0.6) is 0 Å². The summed E-state index contributed by atoms with van der Waals surface area (Å²) in [7, 11) is 0. The van der Waals surface area contributed by atoms with E-state index in [0.717, 1.165) is 6.42 Å². The molecule has 1 saturated heterocycles. The monoisotopic (exact) mass is 172 g/mol. The maximum absolute atomic E-state index is 11.6. The van der Waals surface area contributed by atoms with E-state index in [0.29, 0.717) is 13.0 Å². The molecule has 0 bridgehead atoms. The Labute approximate surface area is 72.7 Å². The van der Waals surface area contributed by atoms with Crippen molar-refractivity contribution in [1.29, 1.82) is 0 Å². The Morgan fingerprint density at radius 3 is 2.67 bits per heavy atom. The minimum absolute atomic E-state index is 0.0301. The van der Waals surface area contributed by atoms with E-state index >= 15 is 0 Å². The molecule has 0 radical (unpaired) electrons. The van der Waals surface area contributed by atoms with E-state index in [9.17, 15) is 4.79 Å². The van der Waals surface area contributed by atoms with Gasteiger partial charge in [0.2, 0.25) is 0 Å². The normalized spacial score (nSPS) is 29.7. The number of hydrogen-bond acceptors (Lipinski definition) is 3. The summed E-state index contributed by atoms with van der Waals surface area (Å²) in [5, 5.41) is 9.09. The Bertz CT molecular complexity index is 169. The number of carbonyl (C=O) groups excluding carboxylic acids is 1. The lowest BCUT2D eigenvalue weighted by molar-refractivity contribution is -0.146. The summed E-state index contributed by atoms with van der Waals surface area (Å²) in [5.74, 6) is -0.0299. The Hall–Kier alpha value is -0.410. The molecule has 12 heavy (non-hydrogen) atoms. The molecule has 1 fully saturated rings. The lowest BCUT2D eigenvalue weighted by atomic mass is 9.89. The van der Waals surface area contributed by atoms with Gasteiger partial charge in [-0.2, -0.15) is 0 Å². The molecule has 0 spiro atoms. The van der Waals surface area contributed by atoms with E-state index < -0.39 is 5.60 Å². The predicted molar refractivity (Wildman–Crippen MR) is 44.8 cm³/mol. The number of carbonyl (C=O) groups is 1. The van der Waals surface area contributed by atoms with E-state index in [1.54, 1.807) is 0 Å². The number of Topliss-reactive ketones (excluding diaryl/α,β-unsaturated/α-hetero) is 1. The minimum Gasteiger partial charge on any atom is -0.393 e.